The van der Waals surface area contributed by atoms with E-state index in [0.29, 0.717) is 11.4 Å². The van der Waals surface area contributed by atoms with E-state index < -0.39 is 20.8 Å². The summed E-state index contributed by atoms with van der Waals surface area (Å²) in [4.78, 5) is 8.24. The normalized spacial score (nSPS) is 22.8. The number of aromatic nitrogens is 2. The predicted octanol–water partition coefficient (Wildman–Crippen LogP) is 1.28. The molecule has 1 atom stereocenters. The molecule has 1 aromatic heterocycles. The highest BCUT2D eigenvalue weighted by molar-refractivity contribution is 7.95. The van der Waals surface area contributed by atoms with Crippen LogP contribution < -0.4 is 4.31 Å². The number of hydrogen-bond donors (Lipinski definition) is 0. The Labute approximate surface area is 120 Å². The number of sulfonamides is 1. The molecular weight excluding hydrogens is 298 g/mol. The summed E-state index contributed by atoms with van der Waals surface area (Å²) in [5.41, 5.74) is 0.654. The molecule has 1 unspecified atom stereocenters. The number of hydrogen-bond acceptors (Lipinski definition) is 5. The van der Waals surface area contributed by atoms with Crippen molar-refractivity contribution in [2.24, 2.45) is 0 Å². The zero-order valence-electron chi connectivity index (χ0n) is 11.0. The van der Waals surface area contributed by atoms with Gasteiger partial charge in [0, 0.05) is 24.1 Å². The Bertz CT molecular complexity index is 694. The lowest BCUT2D eigenvalue weighted by atomic mass is 10.2. The molecule has 0 aromatic carbocycles. The van der Waals surface area contributed by atoms with E-state index in [4.69, 9.17) is 0 Å². The molecule has 0 amide bonds. The lowest BCUT2D eigenvalue weighted by molar-refractivity contribution is 0.580. The predicted molar refractivity (Wildman–Crippen MR) is 77.1 cm³/mol. The van der Waals surface area contributed by atoms with E-state index in [1.54, 1.807) is 0 Å². The summed E-state index contributed by atoms with van der Waals surface area (Å²) < 4.78 is 37.5. The van der Waals surface area contributed by atoms with Gasteiger partial charge in [-0.25, -0.2) is 22.7 Å². The first-order chi connectivity index (χ1) is 9.49. The minimum atomic E-state index is -3.50. The highest BCUT2D eigenvalue weighted by atomic mass is 32.2. The third-order valence-electron chi connectivity index (χ3n) is 3.59. The van der Waals surface area contributed by atoms with Gasteiger partial charge in [0.25, 0.3) is 10.0 Å². The summed E-state index contributed by atoms with van der Waals surface area (Å²) in [5.74, 6) is 0.361. The molecule has 2 aliphatic rings. The maximum Gasteiger partial charge on any atom is 0.258 e. The summed E-state index contributed by atoms with van der Waals surface area (Å²) in [6, 6.07) is -0.0586. The van der Waals surface area contributed by atoms with Crippen LogP contribution in [0.25, 0.3) is 6.08 Å². The molecule has 0 radical (unpaired) electrons. The van der Waals surface area contributed by atoms with Gasteiger partial charge in [0.05, 0.1) is 16.2 Å². The molecule has 1 aromatic rings. The van der Waals surface area contributed by atoms with Crippen molar-refractivity contribution in [1.29, 1.82) is 0 Å². The second-order valence-electron chi connectivity index (χ2n) is 4.97. The third kappa shape index (κ3) is 2.26. The van der Waals surface area contributed by atoms with Crippen molar-refractivity contribution in [3.8, 4) is 0 Å². The first-order valence-corrected chi connectivity index (χ1v) is 9.48. The molecule has 0 spiro atoms. The van der Waals surface area contributed by atoms with E-state index in [2.05, 4.69) is 9.97 Å². The Balaban J connectivity index is 2.15. The standard InChI is InChI=1S/C12H15N3O3S2/c1-19(16)12-13-8-9-6-7-20(17,18)15(11(9)14-12)10-4-2-3-5-10/h6-8,10H,2-5H2,1H3. The molecule has 20 heavy (non-hydrogen) atoms. The average Bonchev–Trinajstić information content (AvgIpc) is 2.90. The van der Waals surface area contributed by atoms with Crippen LogP contribution in [0.2, 0.25) is 0 Å². The minimum absolute atomic E-state index is 0.0586. The van der Waals surface area contributed by atoms with Gasteiger partial charge < -0.3 is 0 Å². The molecular formula is C12H15N3O3S2. The van der Waals surface area contributed by atoms with Crippen molar-refractivity contribution in [3.63, 3.8) is 0 Å². The Hall–Kier alpha value is -1.28. The Kier molecular flexibility index (Phi) is 3.37. The molecule has 0 N–H and O–H groups in total. The summed E-state index contributed by atoms with van der Waals surface area (Å²) in [5, 5.41) is 1.36. The molecule has 3 rings (SSSR count). The Morgan fingerprint density at radius 3 is 2.70 bits per heavy atom. The van der Waals surface area contributed by atoms with Crippen molar-refractivity contribution in [1.82, 2.24) is 9.97 Å². The van der Waals surface area contributed by atoms with Gasteiger partial charge in [-0.2, -0.15) is 0 Å². The lowest BCUT2D eigenvalue weighted by Gasteiger charge is -2.31. The second kappa shape index (κ2) is 4.92. The summed E-state index contributed by atoms with van der Waals surface area (Å²) in [6.45, 7) is 0. The molecule has 8 heteroatoms. The average molecular weight is 313 g/mol. The maximum atomic E-state index is 12.3. The van der Waals surface area contributed by atoms with Crippen molar-refractivity contribution in [2.75, 3.05) is 10.6 Å². The molecule has 2 heterocycles. The summed E-state index contributed by atoms with van der Waals surface area (Å²) in [6.07, 6.45) is 8.22. The molecule has 1 aliphatic heterocycles. The summed E-state index contributed by atoms with van der Waals surface area (Å²) in [7, 11) is -4.84. The van der Waals surface area contributed by atoms with E-state index in [1.807, 2.05) is 0 Å². The van der Waals surface area contributed by atoms with Crippen LogP contribution in [0.4, 0.5) is 5.82 Å². The third-order valence-corrected chi connectivity index (χ3v) is 5.80. The van der Waals surface area contributed by atoms with Gasteiger partial charge in [-0.1, -0.05) is 12.8 Å². The number of rotatable bonds is 2. The van der Waals surface area contributed by atoms with Crippen LogP contribution in [-0.4, -0.2) is 34.9 Å². The first-order valence-electron chi connectivity index (χ1n) is 6.42. The van der Waals surface area contributed by atoms with E-state index in [9.17, 15) is 12.6 Å². The van der Waals surface area contributed by atoms with E-state index >= 15 is 0 Å². The van der Waals surface area contributed by atoms with Crippen molar-refractivity contribution in [2.45, 2.75) is 36.9 Å². The fourth-order valence-corrected chi connectivity index (χ4v) is 4.54. The SMILES string of the molecule is CS(=O)c1ncc2c(n1)N(C1CCCC1)S(=O)(=O)C=C2. The van der Waals surface area contributed by atoms with Gasteiger partial charge in [-0.3, -0.25) is 4.21 Å². The van der Waals surface area contributed by atoms with Crippen LogP contribution in [0.15, 0.2) is 16.8 Å². The molecule has 1 fully saturated rings. The Morgan fingerprint density at radius 2 is 2.05 bits per heavy atom. The fraction of sp³-hybridized carbons (Fsp3) is 0.500. The molecule has 0 bridgehead atoms. The van der Waals surface area contributed by atoms with Crippen LogP contribution in [0.5, 0.6) is 0 Å². The number of fused-ring (bicyclic) bond motifs is 1. The number of anilines is 1. The maximum absolute atomic E-state index is 12.3. The molecule has 0 saturated heterocycles. The van der Waals surface area contributed by atoms with Gasteiger partial charge in [0.1, 0.15) is 0 Å². The molecule has 1 aliphatic carbocycles. The van der Waals surface area contributed by atoms with Crippen molar-refractivity contribution < 1.29 is 12.6 Å². The minimum Gasteiger partial charge on any atom is -0.251 e. The van der Waals surface area contributed by atoms with Gasteiger partial charge in [-0.15, -0.1) is 0 Å². The van der Waals surface area contributed by atoms with Crippen LogP contribution in [0.3, 0.4) is 0 Å². The van der Waals surface area contributed by atoms with Crippen LogP contribution in [-0.2, 0) is 20.8 Å². The quantitative estimate of drug-likeness (QED) is 0.768. The smallest absolute Gasteiger partial charge is 0.251 e. The van der Waals surface area contributed by atoms with Gasteiger partial charge in [-0.05, 0) is 18.9 Å². The number of nitrogens with zero attached hydrogens (tertiary/aromatic N) is 3. The largest absolute Gasteiger partial charge is 0.258 e. The summed E-state index contributed by atoms with van der Waals surface area (Å²) >= 11 is 0. The van der Waals surface area contributed by atoms with Crippen molar-refractivity contribution in [3.05, 3.63) is 17.2 Å². The fourth-order valence-electron chi connectivity index (χ4n) is 2.66. The van der Waals surface area contributed by atoms with E-state index in [0.717, 1.165) is 25.7 Å². The molecule has 108 valence electrons. The van der Waals surface area contributed by atoms with Crippen LogP contribution >= 0.6 is 0 Å². The highest BCUT2D eigenvalue weighted by Crippen LogP contribution is 2.35. The van der Waals surface area contributed by atoms with Gasteiger partial charge in [0.2, 0.25) is 5.16 Å². The van der Waals surface area contributed by atoms with Crippen LogP contribution in [0, 0.1) is 0 Å². The van der Waals surface area contributed by atoms with Gasteiger partial charge >= 0.3 is 0 Å². The lowest BCUT2D eigenvalue weighted by Crippen LogP contribution is -2.40. The topological polar surface area (TPSA) is 80.2 Å². The zero-order valence-corrected chi connectivity index (χ0v) is 12.7. The zero-order chi connectivity index (χ0) is 14.3. The van der Waals surface area contributed by atoms with Gasteiger partial charge in [0.15, 0.2) is 5.82 Å². The monoisotopic (exact) mass is 313 g/mol. The van der Waals surface area contributed by atoms with E-state index in [1.165, 1.54) is 28.2 Å². The first kappa shape index (κ1) is 13.7. The van der Waals surface area contributed by atoms with Crippen LogP contribution in [0.1, 0.15) is 31.2 Å². The van der Waals surface area contributed by atoms with E-state index in [-0.39, 0.29) is 11.2 Å². The van der Waals surface area contributed by atoms with Crippen molar-refractivity contribution >= 4 is 32.7 Å². The Morgan fingerprint density at radius 1 is 1.35 bits per heavy atom. The highest BCUT2D eigenvalue weighted by Gasteiger charge is 2.35. The second-order valence-corrected chi connectivity index (χ2v) is 7.94. The molecule has 1 saturated carbocycles. The molecule has 6 nitrogen and oxygen atoms in total.